The second kappa shape index (κ2) is 12.6. The number of hydrogen-bond donors (Lipinski definition) is 3. The summed E-state index contributed by atoms with van der Waals surface area (Å²) in [5.41, 5.74) is -1.30. The second-order valence-corrected chi connectivity index (χ2v) is 13.0. The minimum Gasteiger partial charge on any atom is -0.489 e. The molecule has 45 heavy (non-hydrogen) atoms. The fourth-order valence-corrected chi connectivity index (χ4v) is 7.11. The summed E-state index contributed by atoms with van der Waals surface area (Å²) in [4.78, 5) is 10.5. The maximum atomic E-state index is 15.8. The third kappa shape index (κ3) is 6.38. The number of rotatable bonds is 9. The number of hydrogen-bond acceptors (Lipinski definition) is 9. The Morgan fingerprint density at radius 1 is 1.13 bits per heavy atom. The molecule has 2 aliphatic rings. The number of benzene rings is 3. The van der Waals surface area contributed by atoms with E-state index >= 15 is 13.2 Å². The van der Waals surface area contributed by atoms with Crippen LogP contribution in [0.4, 0.5) is 24.8 Å². The van der Waals surface area contributed by atoms with E-state index < -0.39 is 49.7 Å². The van der Waals surface area contributed by atoms with E-state index in [0.29, 0.717) is 6.61 Å². The number of nitrogens with one attached hydrogen (secondary N) is 2. The molecule has 0 bridgehead atoms. The quantitative estimate of drug-likeness (QED) is 0.224. The highest BCUT2D eigenvalue weighted by atomic mass is 35.5. The molecule has 2 aliphatic heterocycles. The lowest BCUT2D eigenvalue weighted by molar-refractivity contribution is 0.132. The van der Waals surface area contributed by atoms with Crippen LogP contribution in [0.5, 0.6) is 5.75 Å². The average Bonchev–Trinajstić information content (AvgIpc) is 3.38. The van der Waals surface area contributed by atoms with Crippen LogP contribution in [-0.4, -0.2) is 74.4 Å². The Hall–Kier alpha value is -3.69. The molecular formula is C30H29ClF3N5O5S. The van der Waals surface area contributed by atoms with Gasteiger partial charge in [0.05, 0.1) is 17.9 Å². The molecule has 0 spiro atoms. The Labute approximate surface area is 262 Å². The Morgan fingerprint density at radius 2 is 1.91 bits per heavy atom. The molecule has 6 rings (SSSR count). The first-order valence-electron chi connectivity index (χ1n) is 14.1. The average molecular weight is 664 g/mol. The number of aliphatic hydroxyl groups excluding tert-OH is 1. The summed E-state index contributed by atoms with van der Waals surface area (Å²) in [6, 6.07) is 6.61. The van der Waals surface area contributed by atoms with Gasteiger partial charge in [0.1, 0.15) is 40.5 Å². The van der Waals surface area contributed by atoms with Crippen LogP contribution in [0, 0.1) is 17.5 Å². The number of fused-ring (bicyclic) bond motifs is 2. The van der Waals surface area contributed by atoms with Gasteiger partial charge in [0, 0.05) is 55.0 Å². The molecule has 0 amide bonds. The lowest BCUT2D eigenvalue weighted by atomic mass is 10.0. The highest BCUT2D eigenvalue weighted by Gasteiger charge is 2.32. The molecule has 10 nitrogen and oxygen atoms in total. The molecule has 3 aromatic carbocycles. The smallest absolute Gasteiger partial charge is 0.265 e. The van der Waals surface area contributed by atoms with Gasteiger partial charge in [0.15, 0.2) is 5.82 Å². The zero-order valence-electron chi connectivity index (χ0n) is 24.0. The number of aliphatic hydroxyl groups is 1. The van der Waals surface area contributed by atoms with Gasteiger partial charge in [0.25, 0.3) is 10.0 Å². The van der Waals surface area contributed by atoms with Gasteiger partial charge in [-0.1, -0.05) is 11.6 Å². The number of methoxy groups -OCH3 is 1. The molecular weight excluding hydrogens is 635 g/mol. The number of nitrogens with zero attached hydrogens (tertiary/aromatic N) is 3. The molecule has 1 saturated heterocycles. The van der Waals surface area contributed by atoms with Crippen molar-refractivity contribution in [3.63, 3.8) is 0 Å². The molecule has 1 unspecified atom stereocenters. The normalized spacial score (nSPS) is 17.3. The van der Waals surface area contributed by atoms with Crippen LogP contribution >= 0.6 is 11.6 Å². The topological polar surface area (TPSA) is 126 Å². The third-order valence-electron chi connectivity index (χ3n) is 7.88. The summed E-state index contributed by atoms with van der Waals surface area (Å²) in [7, 11) is -2.86. The number of aromatic nitrogens is 2. The van der Waals surface area contributed by atoms with Crippen molar-refractivity contribution in [1.29, 1.82) is 0 Å². The Bertz CT molecular complexity index is 1880. The summed E-state index contributed by atoms with van der Waals surface area (Å²) in [5.74, 6) is -3.03. The van der Waals surface area contributed by atoms with Crippen molar-refractivity contribution in [2.45, 2.75) is 29.9 Å². The number of anilines is 2. The fraction of sp³-hybridized carbons (Fsp3) is 0.333. The summed E-state index contributed by atoms with van der Waals surface area (Å²) in [6.45, 7) is 3.07. The van der Waals surface area contributed by atoms with E-state index in [-0.39, 0.29) is 51.4 Å². The lowest BCUT2D eigenvalue weighted by Crippen LogP contribution is -2.40. The molecule has 3 N–H and O–H groups in total. The van der Waals surface area contributed by atoms with Crippen LogP contribution in [0.15, 0.2) is 47.5 Å². The molecule has 1 fully saturated rings. The van der Waals surface area contributed by atoms with Crippen LogP contribution in [0.2, 0.25) is 5.02 Å². The third-order valence-corrected chi connectivity index (χ3v) is 9.46. The summed E-state index contributed by atoms with van der Waals surface area (Å²) in [5, 5.41) is 13.5. The van der Waals surface area contributed by atoms with Crippen LogP contribution in [0.25, 0.3) is 22.0 Å². The monoisotopic (exact) mass is 663 g/mol. The molecule has 1 aromatic heterocycles. The maximum Gasteiger partial charge on any atom is 0.265 e. The van der Waals surface area contributed by atoms with Crippen LogP contribution in [-0.2, 0) is 14.8 Å². The Kier molecular flexibility index (Phi) is 8.76. The molecule has 4 aromatic rings. The number of likely N-dealkylation sites (tertiary alicyclic amines) is 1. The van der Waals surface area contributed by atoms with Crippen molar-refractivity contribution in [1.82, 2.24) is 14.9 Å². The first-order valence-corrected chi connectivity index (χ1v) is 16.0. The van der Waals surface area contributed by atoms with Crippen molar-refractivity contribution < 1.29 is 36.2 Å². The van der Waals surface area contributed by atoms with Gasteiger partial charge >= 0.3 is 0 Å². The highest BCUT2D eigenvalue weighted by Crippen LogP contribution is 2.41. The van der Waals surface area contributed by atoms with Crippen molar-refractivity contribution in [2.24, 2.45) is 0 Å². The van der Waals surface area contributed by atoms with Gasteiger partial charge in [-0.25, -0.2) is 31.6 Å². The van der Waals surface area contributed by atoms with Crippen LogP contribution in [0.1, 0.15) is 24.5 Å². The maximum absolute atomic E-state index is 15.8. The first kappa shape index (κ1) is 31.3. The minimum atomic E-state index is -4.53. The van der Waals surface area contributed by atoms with Crippen molar-refractivity contribution in [3.8, 4) is 16.9 Å². The van der Waals surface area contributed by atoms with Gasteiger partial charge in [-0.2, -0.15) is 0 Å². The van der Waals surface area contributed by atoms with Gasteiger partial charge < -0.3 is 24.8 Å². The van der Waals surface area contributed by atoms with E-state index in [1.54, 1.807) is 7.11 Å². The minimum absolute atomic E-state index is 0.00879. The van der Waals surface area contributed by atoms with E-state index in [2.05, 4.69) is 24.9 Å². The number of ether oxygens (including phenoxy) is 2. The molecule has 238 valence electrons. The summed E-state index contributed by atoms with van der Waals surface area (Å²) >= 11 is 6.06. The van der Waals surface area contributed by atoms with Gasteiger partial charge in [0.2, 0.25) is 5.95 Å². The second-order valence-electron chi connectivity index (χ2n) is 10.9. The Balaban J connectivity index is 1.26. The highest BCUT2D eigenvalue weighted by molar-refractivity contribution is 7.92. The Morgan fingerprint density at radius 3 is 2.67 bits per heavy atom. The van der Waals surface area contributed by atoms with Gasteiger partial charge in [-0.05, 0) is 54.8 Å². The van der Waals surface area contributed by atoms with E-state index in [4.69, 9.17) is 21.1 Å². The fourth-order valence-electron chi connectivity index (χ4n) is 5.56. The molecule has 0 aliphatic carbocycles. The standard InChI is InChI=1S/C30H29ClF3N5O5S/c1-43-9-8-39-6-4-19(5-7-39)36-30-35-14-17-10-16(11-22(33)28(17)37-30)26-21(32)2-3-23(27(26)34)38-45(41,42)25-13-18(31)12-20-24(40)15-44-29(20)25/h2-3,10-14,19,24,38,40H,4-9,15H2,1H3,(H,35,36,37). The summed E-state index contributed by atoms with van der Waals surface area (Å²) in [6.07, 6.45) is 1.96. The molecule has 0 radical (unpaired) electrons. The van der Waals surface area contributed by atoms with E-state index in [9.17, 15) is 13.5 Å². The number of halogens is 4. The van der Waals surface area contributed by atoms with Gasteiger partial charge in [-0.15, -0.1) is 0 Å². The first-order chi connectivity index (χ1) is 21.5. The largest absolute Gasteiger partial charge is 0.489 e. The van der Waals surface area contributed by atoms with Gasteiger partial charge in [-0.3, -0.25) is 4.72 Å². The molecule has 15 heteroatoms. The SMILES string of the molecule is COCCN1CCC(Nc2ncc3cc(-c4c(F)ccc(NS(=O)(=O)c5cc(Cl)cc6c5OCC6O)c4F)cc(F)c3n2)CC1. The zero-order valence-corrected chi connectivity index (χ0v) is 25.6. The van der Waals surface area contributed by atoms with E-state index in [0.717, 1.165) is 56.7 Å². The lowest BCUT2D eigenvalue weighted by Gasteiger charge is -2.32. The number of sulfonamides is 1. The predicted molar refractivity (Wildman–Crippen MR) is 163 cm³/mol. The molecule has 1 atom stereocenters. The number of piperidine rings is 1. The zero-order chi connectivity index (χ0) is 31.9. The van der Waals surface area contributed by atoms with Crippen molar-refractivity contribution in [2.75, 3.05) is 50.0 Å². The van der Waals surface area contributed by atoms with Crippen molar-refractivity contribution in [3.05, 3.63) is 70.6 Å². The van der Waals surface area contributed by atoms with E-state index in [1.807, 2.05) is 0 Å². The van der Waals surface area contributed by atoms with E-state index in [1.165, 1.54) is 18.3 Å². The molecule has 3 heterocycles. The predicted octanol–water partition coefficient (Wildman–Crippen LogP) is 5.12. The molecule has 0 saturated carbocycles. The van der Waals surface area contributed by atoms with Crippen molar-refractivity contribution >= 4 is 44.2 Å². The summed E-state index contributed by atoms with van der Waals surface area (Å²) < 4.78 is 85.4. The van der Waals surface area contributed by atoms with Crippen LogP contribution in [0.3, 0.4) is 0 Å². The van der Waals surface area contributed by atoms with Crippen LogP contribution < -0.4 is 14.8 Å².